The van der Waals surface area contributed by atoms with Crippen molar-refractivity contribution in [2.24, 2.45) is 0 Å². The summed E-state index contributed by atoms with van der Waals surface area (Å²) in [5.74, 6) is -5.07. The van der Waals surface area contributed by atoms with Gasteiger partial charge in [-0.25, -0.2) is 9.78 Å². The molecule has 8 nitrogen and oxygen atoms in total. The first kappa shape index (κ1) is 15.3. The van der Waals surface area contributed by atoms with Crippen LogP contribution < -0.4 is 10.9 Å². The Morgan fingerprint density at radius 1 is 1.27 bits per heavy atom. The van der Waals surface area contributed by atoms with E-state index < -0.39 is 35.1 Å². The highest BCUT2D eigenvalue weighted by molar-refractivity contribution is 5.95. The van der Waals surface area contributed by atoms with Gasteiger partial charge in [0, 0.05) is 6.20 Å². The van der Waals surface area contributed by atoms with Crippen molar-refractivity contribution in [1.82, 2.24) is 9.38 Å². The standard InChI is InChI=1S/C11H6F3N3O5/c12-11(13,14)10(22)15-4-1-2-5-16-6(9(20)21)7(18)8(19)17(5)3-4/h1-3,18H,(H,15,22)(H,20,21). The van der Waals surface area contributed by atoms with E-state index in [4.69, 9.17) is 5.11 Å². The van der Waals surface area contributed by atoms with Gasteiger partial charge in [0.25, 0.3) is 0 Å². The lowest BCUT2D eigenvalue weighted by molar-refractivity contribution is -0.167. The summed E-state index contributed by atoms with van der Waals surface area (Å²) in [6.07, 6.45) is -4.34. The summed E-state index contributed by atoms with van der Waals surface area (Å²) in [5.41, 5.74) is -2.71. The number of aromatic nitrogens is 2. The lowest BCUT2D eigenvalue weighted by atomic mass is 10.3. The zero-order valence-electron chi connectivity index (χ0n) is 10.4. The van der Waals surface area contributed by atoms with Gasteiger partial charge in [-0.15, -0.1) is 0 Å². The maximum atomic E-state index is 12.1. The van der Waals surface area contributed by atoms with Gasteiger partial charge in [-0.2, -0.15) is 13.2 Å². The molecule has 116 valence electrons. The number of nitrogens with zero attached hydrogens (tertiary/aromatic N) is 2. The van der Waals surface area contributed by atoms with Crippen molar-refractivity contribution < 1.29 is 33.0 Å². The molecule has 2 heterocycles. The van der Waals surface area contributed by atoms with Crippen molar-refractivity contribution in [3.05, 3.63) is 34.4 Å². The molecule has 1 amide bonds. The molecule has 0 atom stereocenters. The van der Waals surface area contributed by atoms with Crippen molar-refractivity contribution in [2.75, 3.05) is 5.32 Å². The predicted octanol–water partition coefficient (Wildman–Crippen LogP) is 0.599. The summed E-state index contributed by atoms with van der Waals surface area (Å²) in [6.45, 7) is 0. The topological polar surface area (TPSA) is 121 Å². The Morgan fingerprint density at radius 3 is 2.45 bits per heavy atom. The summed E-state index contributed by atoms with van der Waals surface area (Å²) in [5, 5.41) is 19.7. The van der Waals surface area contributed by atoms with Gasteiger partial charge in [0.15, 0.2) is 5.69 Å². The van der Waals surface area contributed by atoms with Crippen molar-refractivity contribution in [3.63, 3.8) is 0 Å². The molecule has 0 spiro atoms. The molecule has 2 aromatic rings. The average Bonchev–Trinajstić information content (AvgIpc) is 2.41. The predicted molar refractivity (Wildman–Crippen MR) is 64.8 cm³/mol. The summed E-state index contributed by atoms with van der Waals surface area (Å²) < 4.78 is 37.0. The Labute approximate surface area is 118 Å². The van der Waals surface area contributed by atoms with Gasteiger partial charge in [-0.3, -0.25) is 14.0 Å². The van der Waals surface area contributed by atoms with Crippen LogP contribution >= 0.6 is 0 Å². The number of halogens is 3. The molecule has 3 N–H and O–H groups in total. The molecule has 0 saturated carbocycles. The summed E-state index contributed by atoms with van der Waals surface area (Å²) in [4.78, 5) is 36.8. The third-order valence-corrected chi connectivity index (χ3v) is 2.52. The van der Waals surface area contributed by atoms with Crippen LogP contribution in [-0.2, 0) is 4.79 Å². The number of fused-ring (bicyclic) bond motifs is 1. The molecular formula is C11H6F3N3O5. The number of carbonyl (C=O) groups is 2. The Morgan fingerprint density at radius 2 is 1.91 bits per heavy atom. The fourth-order valence-electron chi connectivity index (χ4n) is 1.55. The third kappa shape index (κ3) is 2.68. The number of carboxylic acids is 1. The second-order valence-corrected chi connectivity index (χ2v) is 4.02. The average molecular weight is 317 g/mol. The van der Waals surface area contributed by atoms with Crippen molar-refractivity contribution >= 4 is 23.2 Å². The highest BCUT2D eigenvalue weighted by Gasteiger charge is 2.38. The van der Waals surface area contributed by atoms with E-state index in [1.807, 2.05) is 0 Å². The van der Waals surface area contributed by atoms with Gasteiger partial charge in [0.1, 0.15) is 5.65 Å². The number of alkyl halides is 3. The van der Waals surface area contributed by atoms with E-state index in [1.165, 1.54) is 5.32 Å². The highest BCUT2D eigenvalue weighted by atomic mass is 19.4. The number of aromatic carboxylic acids is 1. The largest absolute Gasteiger partial charge is 0.501 e. The van der Waals surface area contributed by atoms with Crippen LogP contribution in [0.3, 0.4) is 0 Å². The number of pyridine rings is 1. The van der Waals surface area contributed by atoms with Crippen LogP contribution in [-0.4, -0.2) is 37.7 Å². The van der Waals surface area contributed by atoms with E-state index in [0.717, 1.165) is 18.3 Å². The van der Waals surface area contributed by atoms with Crippen molar-refractivity contribution in [3.8, 4) is 5.75 Å². The number of hydrogen-bond donors (Lipinski definition) is 3. The third-order valence-electron chi connectivity index (χ3n) is 2.52. The second kappa shape index (κ2) is 5.02. The number of carbonyl (C=O) groups excluding carboxylic acids is 1. The number of aromatic hydroxyl groups is 1. The number of rotatable bonds is 2. The minimum absolute atomic E-state index is 0.231. The van der Waals surface area contributed by atoms with E-state index in [-0.39, 0.29) is 11.3 Å². The van der Waals surface area contributed by atoms with E-state index in [9.17, 15) is 32.7 Å². The molecule has 0 aliphatic carbocycles. The lowest BCUT2D eigenvalue weighted by Crippen LogP contribution is -2.30. The molecule has 0 fully saturated rings. The first-order valence-electron chi connectivity index (χ1n) is 5.48. The first-order chi connectivity index (χ1) is 10.1. The van der Waals surface area contributed by atoms with Crippen LogP contribution in [0.25, 0.3) is 5.65 Å². The Hall–Kier alpha value is -3.11. The van der Waals surface area contributed by atoms with E-state index in [1.54, 1.807) is 0 Å². The van der Waals surface area contributed by atoms with Gasteiger partial charge < -0.3 is 15.5 Å². The SMILES string of the molecule is O=C(O)c1nc2ccc(NC(=O)C(F)(F)F)cn2c(=O)c1O. The van der Waals surface area contributed by atoms with Crippen LogP contribution in [0.5, 0.6) is 5.75 Å². The van der Waals surface area contributed by atoms with Crippen molar-refractivity contribution in [2.45, 2.75) is 6.18 Å². The number of amides is 1. The molecule has 0 radical (unpaired) electrons. The minimum atomic E-state index is -5.12. The molecule has 2 rings (SSSR count). The minimum Gasteiger partial charge on any atom is -0.501 e. The van der Waals surface area contributed by atoms with E-state index >= 15 is 0 Å². The Balaban J connectivity index is 2.54. The number of hydrogen-bond acceptors (Lipinski definition) is 5. The van der Waals surface area contributed by atoms with Crippen LogP contribution in [0.4, 0.5) is 18.9 Å². The maximum Gasteiger partial charge on any atom is 0.471 e. The van der Waals surface area contributed by atoms with Gasteiger partial charge in [-0.05, 0) is 12.1 Å². The fourth-order valence-corrected chi connectivity index (χ4v) is 1.55. The molecule has 22 heavy (non-hydrogen) atoms. The second-order valence-electron chi connectivity index (χ2n) is 4.02. The van der Waals surface area contributed by atoms with Gasteiger partial charge in [0.2, 0.25) is 5.75 Å². The fraction of sp³-hybridized carbons (Fsp3) is 0.0909. The smallest absolute Gasteiger partial charge is 0.471 e. The van der Waals surface area contributed by atoms with E-state index in [0.29, 0.717) is 4.40 Å². The molecule has 0 bridgehead atoms. The zero-order valence-corrected chi connectivity index (χ0v) is 10.4. The molecule has 0 aliphatic heterocycles. The van der Waals surface area contributed by atoms with Crippen molar-refractivity contribution in [1.29, 1.82) is 0 Å². The summed E-state index contributed by atoms with van der Waals surface area (Å²) in [6, 6.07) is 2.01. The number of anilines is 1. The van der Waals surface area contributed by atoms with Crippen LogP contribution in [0.2, 0.25) is 0 Å². The summed E-state index contributed by atoms with van der Waals surface area (Å²) in [7, 11) is 0. The van der Waals surface area contributed by atoms with Crippen LogP contribution in [0.15, 0.2) is 23.1 Å². The maximum absolute atomic E-state index is 12.1. The molecule has 11 heteroatoms. The molecule has 0 aromatic carbocycles. The van der Waals surface area contributed by atoms with Gasteiger partial charge in [-0.1, -0.05) is 0 Å². The summed E-state index contributed by atoms with van der Waals surface area (Å²) >= 11 is 0. The van der Waals surface area contributed by atoms with Gasteiger partial charge >= 0.3 is 23.6 Å². The normalized spacial score (nSPS) is 11.4. The molecule has 0 aliphatic rings. The molecule has 2 aromatic heterocycles. The van der Waals surface area contributed by atoms with Crippen LogP contribution in [0, 0.1) is 0 Å². The molecule has 0 unspecified atom stereocenters. The first-order valence-corrected chi connectivity index (χ1v) is 5.48. The van der Waals surface area contributed by atoms with Gasteiger partial charge in [0.05, 0.1) is 5.69 Å². The Bertz CT molecular complexity index is 843. The zero-order chi connectivity index (χ0) is 16.7. The molecular weight excluding hydrogens is 311 g/mol. The monoisotopic (exact) mass is 317 g/mol. The quantitative estimate of drug-likeness (QED) is 0.746. The number of nitrogens with one attached hydrogen (secondary N) is 1. The number of carboxylic acid groups (broad SMARTS) is 1. The van der Waals surface area contributed by atoms with E-state index in [2.05, 4.69) is 4.98 Å². The van der Waals surface area contributed by atoms with Crippen LogP contribution in [0.1, 0.15) is 10.5 Å². The lowest BCUT2D eigenvalue weighted by Gasteiger charge is -2.09. The molecule has 0 saturated heterocycles. The Kier molecular flexibility index (Phi) is 3.49. The highest BCUT2D eigenvalue weighted by Crippen LogP contribution is 2.19.